The molecule has 0 spiro atoms. The van der Waals surface area contributed by atoms with Gasteiger partial charge in [-0.05, 0) is 24.3 Å². The van der Waals surface area contributed by atoms with Gasteiger partial charge in [0.25, 0.3) is 5.56 Å². The summed E-state index contributed by atoms with van der Waals surface area (Å²) >= 11 is 5.98. The lowest BCUT2D eigenvalue weighted by Crippen LogP contribution is -2.27. The van der Waals surface area contributed by atoms with Crippen molar-refractivity contribution in [3.63, 3.8) is 0 Å². The van der Waals surface area contributed by atoms with Crippen LogP contribution in [0.3, 0.4) is 0 Å². The number of rotatable bonds is 0. The zero-order chi connectivity index (χ0) is 13.9. The molecule has 2 aromatic heterocycles. The predicted octanol–water partition coefficient (Wildman–Crippen LogP) is 3.28. The highest BCUT2D eigenvalue weighted by molar-refractivity contribution is 6.30. The zero-order valence-electron chi connectivity index (χ0n) is 10.4. The first-order valence-electron chi connectivity index (χ1n) is 6.34. The molecule has 0 atom stereocenters. The van der Waals surface area contributed by atoms with Crippen molar-refractivity contribution in [1.82, 2.24) is 9.13 Å². The van der Waals surface area contributed by atoms with Crippen LogP contribution in [-0.4, -0.2) is 9.13 Å². The van der Waals surface area contributed by atoms with Crippen LogP contribution in [0, 0.1) is 5.82 Å². The summed E-state index contributed by atoms with van der Waals surface area (Å²) in [6, 6.07) is 9.98. The van der Waals surface area contributed by atoms with Gasteiger partial charge in [0.05, 0.1) is 16.9 Å². The number of pyridine rings is 1. The monoisotopic (exact) mass is 288 g/mol. The number of hydrogen-bond acceptors (Lipinski definition) is 1. The molecule has 0 fully saturated rings. The molecule has 3 heterocycles. The van der Waals surface area contributed by atoms with Crippen molar-refractivity contribution < 1.29 is 4.39 Å². The van der Waals surface area contributed by atoms with Crippen LogP contribution in [0.25, 0.3) is 22.3 Å². The molecule has 0 saturated heterocycles. The van der Waals surface area contributed by atoms with E-state index in [-0.39, 0.29) is 11.4 Å². The molecule has 0 N–H and O–H groups in total. The van der Waals surface area contributed by atoms with Crippen LogP contribution in [0.5, 0.6) is 0 Å². The van der Waals surface area contributed by atoms with Crippen LogP contribution in [0.2, 0.25) is 5.02 Å². The van der Waals surface area contributed by atoms with E-state index in [1.54, 1.807) is 22.8 Å². The molecule has 0 saturated carbocycles. The number of nitrogens with zero attached hydrogens (tertiary/aromatic N) is 2. The van der Waals surface area contributed by atoms with E-state index in [0.29, 0.717) is 23.5 Å². The van der Waals surface area contributed by atoms with Crippen LogP contribution >= 0.6 is 11.6 Å². The Hall–Kier alpha value is -2.07. The fourth-order valence-electron chi connectivity index (χ4n) is 2.91. The van der Waals surface area contributed by atoms with Crippen molar-refractivity contribution in [2.45, 2.75) is 13.1 Å². The number of hydrogen-bond donors (Lipinski definition) is 0. The lowest BCUT2D eigenvalue weighted by molar-refractivity contribution is 0.554. The van der Waals surface area contributed by atoms with Crippen LogP contribution in [-0.2, 0) is 13.1 Å². The number of aryl methyl sites for hydroxylation is 1. The lowest BCUT2D eigenvalue weighted by atomic mass is 10.2. The molecule has 3 aromatic rings. The molecule has 0 aliphatic carbocycles. The van der Waals surface area contributed by atoms with Gasteiger partial charge in [-0.25, -0.2) is 4.39 Å². The average Bonchev–Trinajstić information content (AvgIpc) is 2.79. The first-order valence-corrected chi connectivity index (χ1v) is 6.71. The minimum absolute atomic E-state index is 0.121. The summed E-state index contributed by atoms with van der Waals surface area (Å²) in [5, 5.41) is 0.976. The van der Waals surface area contributed by atoms with E-state index in [9.17, 15) is 9.18 Å². The summed E-state index contributed by atoms with van der Waals surface area (Å²) in [5.74, 6) is -0.250. The SMILES string of the molecule is O=c1cc(Cl)cc2n1CCn1c-2cc2c(F)cccc21. The Labute approximate surface area is 118 Å². The van der Waals surface area contributed by atoms with E-state index in [1.165, 1.54) is 12.1 Å². The molecule has 1 aromatic carbocycles. The van der Waals surface area contributed by atoms with Crippen molar-refractivity contribution in [2.24, 2.45) is 0 Å². The molecule has 0 radical (unpaired) electrons. The van der Waals surface area contributed by atoms with Gasteiger partial charge in [-0.2, -0.15) is 0 Å². The minimum atomic E-state index is -0.250. The maximum atomic E-state index is 13.9. The molecule has 3 nitrogen and oxygen atoms in total. The summed E-state index contributed by atoms with van der Waals surface area (Å²) in [7, 11) is 0. The van der Waals surface area contributed by atoms with Gasteiger partial charge in [-0.1, -0.05) is 17.7 Å². The highest BCUT2D eigenvalue weighted by atomic mass is 35.5. The van der Waals surface area contributed by atoms with Gasteiger partial charge in [0, 0.05) is 29.6 Å². The Bertz CT molecular complexity index is 910. The lowest BCUT2D eigenvalue weighted by Gasteiger charge is -2.21. The summed E-state index contributed by atoms with van der Waals surface area (Å²) in [4.78, 5) is 12.0. The Morgan fingerprint density at radius 1 is 1.05 bits per heavy atom. The second-order valence-corrected chi connectivity index (χ2v) is 5.34. The van der Waals surface area contributed by atoms with Gasteiger partial charge in [0.1, 0.15) is 5.82 Å². The van der Waals surface area contributed by atoms with Crippen molar-refractivity contribution in [3.05, 3.63) is 57.6 Å². The first-order chi connectivity index (χ1) is 9.65. The van der Waals surface area contributed by atoms with Gasteiger partial charge in [-0.3, -0.25) is 4.79 Å². The first kappa shape index (κ1) is 11.7. The van der Waals surface area contributed by atoms with E-state index < -0.39 is 0 Å². The highest BCUT2D eigenvalue weighted by Crippen LogP contribution is 2.32. The Balaban J connectivity index is 2.13. The van der Waals surface area contributed by atoms with E-state index in [1.807, 2.05) is 10.6 Å². The van der Waals surface area contributed by atoms with Crippen molar-refractivity contribution in [3.8, 4) is 11.4 Å². The van der Waals surface area contributed by atoms with E-state index in [4.69, 9.17) is 11.6 Å². The fourth-order valence-corrected chi connectivity index (χ4v) is 3.11. The second kappa shape index (κ2) is 3.96. The standard InChI is InChI=1S/C15H10ClFN2O/c16-9-6-13-14-8-10-11(17)2-1-3-12(10)18(14)4-5-19(13)15(20)7-9/h1-3,6-8H,4-5H2. The third kappa shape index (κ3) is 1.48. The van der Waals surface area contributed by atoms with Gasteiger partial charge >= 0.3 is 0 Å². The summed E-state index contributed by atoms with van der Waals surface area (Å²) in [6.45, 7) is 1.22. The summed E-state index contributed by atoms with van der Waals surface area (Å²) in [6.07, 6.45) is 0. The van der Waals surface area contributed by atoms with Crippen LogP contribution in [0.4, 0.5) is 4.39 Å². The highest BCUT2D eigenvalue weighted by Gasteiger charge is 2.20. The zero-order valence-corrected chi connectivity index (χ0v) is 11.2. The van der Waals surface area contributed by atoms with Gasteiger partial charge in [-0.15, -0.1) is 0 Å². The smallest absolute Gasteiger partial charge is 0.252 e. The van der Waals surface area contributed by atoms with Gasteiger partial charge < -0.3 is 9.13 Å². The molecule has 20 heavy (non-hydrogen) atoms. The number of benzene rings is 1. The molecular formula is C15H10ClFN2O. The fraction of sp³-hybridized carbons (Fsp3) is 0.133. The second-order valence-electron chi connectivity index (χ2n) is 4.90. The quantitative estimate of drug-likeness (QED) is 0.624. The largest absolute Gasteiger partial charge is 0.337 e. The summed E-state index contributed by atoms with van der Waals surface area (Å²) < 4.78 is 17.6. The number of fused-ring (bicyclic) bond motifs is 5. The van der Waals surface area contributed by atoms with E-state index in [0.717, 1.165) is 16.9 Å². The molecule has 0 amide bonds. The number of aromatic nitrogens is 2. The van der Waals surface area contributed by atoms with Crippen LogP contribution in [0.15, 0.2) is 41.2 Å². The minimum Gasteiger partial charge on any atom is -0.337 e. The maximum Gasteiger partial charge on any atom is 0.252 e. The van der Waals surface area contributed by atoms with E-state index in [2.05, 4.69) is 0 Å². The van der Waals surface area contributed by atoms with Crippen LogP contribution < -0.4 is 5.56 Å². The average molecular weight is 289 g/mol. The van der Waals surface area contributed by atoms with Gasteiger partial charge in [0.2, 0.25) is 0 Å². The van der Waals surface area contributed by atoms with Gasteiger partial charge in [0.15, 0.2) is 0 Å². The third-order valence-electron chi connectivity index (χ3n) is 3.79. The van der Waals surface area contributed by atoms with Crippen molar-refractivity contribution in [2.75, 3.05) is 0 Å². The molecule has 5 heteroatoms. The van der Waals surface area contributed by atoms with Crippen LogP contribution in [0.1, 0.15) is 0 Å². The molecule has 1 aliphatic rings. The summed E-state index contributed by atoms with van der Waals surface area (Å²) in [5.41, 5.74) is 2.29. The Kier molecular flexibility index (Phi) is 2.32. The molecular weight excluding hydrogens is 279 g/mol. The molecule has 1 aliphatic heterocycles. The normalized spacial score (nSPS) is 13.3. The molecule has 100 valence electrons. The molecule has 0 bridgehead atoms. The Morgan fingerprint density at radius 3 is 2.65 bits per heavy atom. The maximum absolute atomic E-state index is 13.9. The predicted molar refractivity (Wildman–Crippen MR) is 76.6 cm³/mol. The van der Waals surface area contributed by atoms with Crippen molar-refractivity contribution in [1.29, 1.82) is 0 Å². The molecule has 4 rings (SSSR count). The Morgan fingerprint density at radius 2 is 1.80 bits per heavy atom. The number of halogens is 2. The van der Waals surface area contributed by atoms with E-state index >= 15 is 0 Å². The topological polar surface area (TPSA) is 26.9 Å². The van der Waals surface area contributed by atoms with Crippen molar-refractivity contribution >= 4 is 22.5 Å². The molecule has 0 unspecified atom stereocenters. The third-order valence-corrected chi connectivity index (χ3v) is 4.01.